The summed E-state index contributed by atoms with van der Waals surface area (Å²) in [4.78, 5) is 28.1. The molecule has 0 bridgehead atoms. The number of anilines is 1. The van der Waals surface area contributed by atoms with E-state index in [9.17, 15) is 9.59 Å². The Morgan fingerprint density at radius 3 is 2.68 bits per heavy atom. The van der Waals surface area contributed by atoms with Crippen molar-refractivity contribution in [1.82, 2.24) is 10.3 Å². The molecule has 0 atom stereocenters. The summed E-state index contributed by atoms with van der Waals surface area (Å²) >= 11 is 0. The fraction of sp³-hybridized carbons (Fsp3) is 0.100. The third kappa shape index (κ3) is 3.45. The molecular formula is C20H19N3O2. The predicted molar refractivity (Wildman–Crippen MR) is 100.0 cm³/mol. The molecule has 126 valence electrons. The molecule has 3 aromatic rings. The van der Waals surface area contributed by atoms with E-state index in [1.807, 2.05) is 49.4 Å². The summed E-state index contributed by atoms with van der Waals surface area (Å²) in [5.74, 6) is -0.554. The number of nitrogens with one attached hydrogen (secondary N) is 3. The summed E-state index contributed by atoms with van der Waals surface area (Å²) in [6.07, 6.45) is 1.60. The second-order valence-electron chi connectivity index (χ2n) is 5.74. The molecule has 5 heteroatoms. The first-order valence-electron chi connectivity index (χ1n) is 7.98. The van der Waals surface area contributed by atoms with Crippen LogP contribution in [0, 0.1) is 6.92 Å². The van der Waals surface area contributed by atoms with E-state index in [0.717, 1.165) is 16.5 Å². The van der Waals surface area contributed by atoms with Gasteiger partial charge in [0.1, 0.15) is 5.69 Å². The fourth-order valence-corrected chi connectivity index (χ4v) is 2.67. The second kappa shape index (κ2) is 7.05. The van der Waals surface area contributed by atoms with Crippen LogP contribution >= 0.6 is 0 Å². The van der Waals surface area contributed by atoms with Crippen molar-refractivity contribution in [2.24, 2.45) is 0 Å². The van der Waals surface area contributed by atoms with Crippen molar-refractivity contribution in [1.29, 1.82) is 0 Å². The van der Waals surface area contributed by atoms with Gasteiger partial charge in [-0.3, -0.25) is 9.59 Å². The van der Waals surface area contributed by atoms with Crippen LogP contribution in [-0.4, -0.2) is 23.3 Å². The lowest BCUT2D eigenvalue weighted by molar-refractivity contribution is 0.0955. The molecule has 1 aromatic heterocycles. The van der Waals surface area contributed by atoms with E-state index in [2.05, 4.69) is 22.2 Å². The van der Waals surface area contributed by atoms with E-state index in [1.165, 1.54) is 0 Å². The van der Waals surface area contributed by atoms with Gasteiger partial charge in [-0.2, -0.15) is 0 Å². The quantitative estimate of drug-likeness (QED) is 0.624. The van der Waals surface area contributed by atoms with Crippen molar-refractivity contribution < 1.29 is 9.59 Å². The van der Waals surface area contributed by atoms with Gasteiger partial charge in [0.25, 0.3) is 11.8 Å². The lowest BCUT2D eigenvalue weighted by atomic mass is 10.1. The first-order valence-corrected chi connectivity index (χ1v) is 7.98. The van der Waals surface area contributed by atoms with E-state index < -0.39 is 0 Å². The number of amides is 2. The average molecular weight is 333 g/mol. The third-order valence-electron chi connectivity index (χ3n) is 3.86. The summed E-state index contributed by atoms with van der Waals surface area (Å²) in [5, 5.41) is 6.39. The van der Waals surface area contributed by atoms with Gasteiger partial charge in [-0.25, -0.2) is 0 Å². The number of benzene rings is 2. The molecule has 0 spiro atoms. The third-order valence-corrected chi connectivity index (χ3v) is 3.86. The lowest BCUT2D eigenvalue weighted by Crippen LogP contribution is -2.25. The van der Waals surface area contributed by atoms with E-state index in [0.29, 0.717) is 23.5 Å². The highest BCUT2D eigenvalue weighted by atomic mass is 16.2. The van der Waals surface area contributed by atoms with E-state index >= 15 is 0 Å². The number of para-hydroxylation sites is 1. The van der Waals surface area contributed by atoms with Gasteiger partial charge in [-0.15, -0.1) is 6.58 Å². The smallest absolute Gasteiger partial charge is 0.270 e. The van der Waals surface area contributed by atoms with Crippen LogP contribution in [0.15, 0.2) is 61.2 Å². The van der Waals surface area contributed by atoms with E-state index in [-0.39, 0.29) is 11.8 Å². The zero-order chi connectivity index (χ0) is 17.8. The average Bonchev–Trinajstić information content (AvgIpc) is 2.98. The summed E-state index contributed by atoms with van der Waals surface area (Å²) in [6, 6.07) is 14.8. The Hall–Kier alpha value is -3.34. The molecule has 25 heavy (non-hydrogen) atoms. The molecule has 5 nitrogen and oxygen atoms in total. The highest BCUT2D eigenvalue weighted by molar-refractivity contribution is 6.15. The number of aryl methyl sites for hydroxylation is 1. The van der Waals surface area contributed by atoms with Crippen LogP contribution in [-0.2, 0) is 0 Å². The highest BCUT2D eigenvalue weighted by Crippen LogP contribution is 2.28. The first kappa shape index (κ1) is 16.5. The lowest BCUT2D eigenvalue weighted by Gasteiger charge is -2.08. The highest BCUT2D eigenvalue weighted by Gasteiger charge is 2.19. The van der Waals surface area contributed by atoms with Crippen LogP contribution in [0.25, 0.3) is 10.9 Å². The minimum atomic E-state index is -0.296. The fourth-order valence-electron chi connectivity index (χ4n) is 2.67. The van der Waals surface area contributed by atoms with Crippen molar-refractivity contribution in [2.45, 2.75) is 6.92 Å². The van der Waals surface area contributed by atoms with Crippen LogP contribution in [0.3, 0.4) is 0 Å². The largest absolute Gasteiger partial charge is 0.349 e. The monoisotopic (exact) mass is 333 g/mol. The van der Waals surface area contributed by atoms with Gasteiger partial charge >= 0.3 is 0 Å². The molecule has 0 fully saturated rings. The van der Waals surface area contributed by atoms with Crippen molar-refractivity contribution in [3.05, 3.63) is 78.0 Å². The molecule has 3 N–H and O–H groups in total. The zero-order valence-electron chi connectivity index (χ0n) is 13.9. The van der Waals surface area contributed by atoms with Crippen molar-refractivity contribution in [3.63, 3.8) is 0 Å². The SMILES string of the molecule is C=CCNC(=O)c1[nH]c2ccccc2c1NC(=O)c1cccc(C)c1. The van der Waals surface area contributed by atoms with E-state index in [4.69, 9.17) is 0 Å². The topological polar surface area (TPSA) is 74.0 Å². The molecule has 0 saturated carbocycles. The van der Waals surface area contributed by atoms with E-state index in [1.54, 1.807) is 12.1 Å². The van der Waals surface area contributed by atoms with Gasteiger partial charge in [0.15, 0.2) is 0 Å². The Morgan fingerprint density at radius 2 is 1.92 bits per heavy atom. The summed E-state index contributed by atoms with van der Waals surface area (Å²) in [6.45, 7) is 5.87. The minimum absolute atomic E-state index is 0.258. The van der Waals surface area contributed by atoms with Gasteiger partial charge in [-0.1, -0.05) is 42.0 Å². The number of aromatic nitrogens is 1. The molecule has 0 aliphatic rings. The normalized spacial score (nSPS) is 10.4. The van der Waals surface area contributed by atoms with Crippen molar-refractivity contribution in [2.75, 3.05) is 11.9 Å². The number of rotatable bonds is 5. The van der Waals surface area contributed by atoms with Crippen LogP contribution in [0.1, 0.15) is 26.4 Å². The van der Waals surface area contributed by atoms with Gasteiger partial charge in [-0.05, 0) is 25.1 Å². The molecule has 1 heterocycles. The number of hydrogen-bond acceptors (Lipinski definition) is 2. The summed E-state index contributed by atoms with van der Waals surface area (Å²) < 4.78 is 0. The number of fused-ring (bicyclic) bond motifs is 1. The van der Waals surface area contributed by atoms with Crippen LogP contribution in [0.2, 0.25) is 0 Å². The number of carbonyl (C=O) groups is 2. The zero-order valence-corrected chi connectivity index (χ0v) is 13.9. The number of carbonyl (C=O) groups excluding carboxylic acids is 2. The van der Waals surface area contributed by atoms with Crippen molar-refractivity contribution >= 4 is 28.4 Å². The molecule has 2 aromatic carbocycles. The molecule has 0 aliphatic carbocycles. The molecule has 0 aliphatic heterocycles. The Labute approximate surface area is 145 Å². The van der Waals surface area contributed by atoms with Gasteiger partial charge in [0.05, 0.1) is 5.69 Å². The Bertz CT molecular complexity index is 956. The number of H-pyrrole nitrogens is 1. The molecule has 2 amide bonds. The Kier molecular flexibility index (Phi) is 4.66. The van der Waals surface area contributed by atoms with Crippen LogP contribution < -0.4 is 10.6 Å². The van der Waals surface area contributed by atoms with Gasteiger partial charge in [0.2, 0.25) is 0 Å². The molecule has 0 unspecified atom stereocenters. The van der Waals surface area contributed by atoms with Gasteiger partial charge < -0.3 is 15.6 Å². The number of hydrogen-bond donors (Lipinski definition) is 3. The maximum absolute atomic E-state index is 12.6. The second-order valence-corrected chi connectivity index (χ2v) is 5.74. The Balaban J connectivity index is 2.00. The Morgan fingerprint density at radius 1 is 1.12 bits per heavy atom. The molecule has 3 rings (SSSR count). The predicted octanol–water partition coefficient (Wildman–Crippen LogP) is 3.64. The van der Waals surface area contributed by atoms with Gasteiger partial charge in [0, 0.05) is 23.0 Å². The molecular weight excluding hydrogens is 314 g/mol. The van der Waals surface area contributed by atoms with Crippen LogP contribution in [0.5, 0.6) is 0 Å². The number of aromatic amines is 1. The molecule has 0 radical (unpaired) electrons. The summed E-state index contributed by atoms with van der Waals surface area (Å²) in [5.41, 5.74) is 3.12. The van der Waals surface area contributed by atoms with Crippen molar-refractivity contribution in [3.8, 4) is 0 Å². The van der Waals surface area contributed by atoms with Crippen LogP contribution in [0.4, 0.5) is 5.69 Å². The minimum Gasteiger partial charge on any atom is -0.349 e. The first-order chi connectivity index (χ1) is 12.1. The standard InChI is InChI=1S/C20H19N3O2/c1-3-11-21-20(25)18-17(15-9-4-5-10-16(15)22-18)23-19(24)14-8-6-7-13(2)12-14/h3-10,12,22H,1,11H2,2H3,(H,21,25)(H,23,24). The summed E-state index contributed by atoms with van der Waals surface area (Å²) in [7, 11) is 0. The maximum Gasteiger partial charge on any atom is 0.270 e. The molecule has 0 saturated heterocycles. The maximum atomic E-state index is 12.6.